The molecule has 3 fully saturated rings. The van der Waals surface area contributed by atoms with E-state index in [1.807, 2.05) is 39.5 Å². The van der Waals surface area contributed by atoms with Gasteiger partial charge < -0.3 is 14.5 Å². The number of carbonyl (C=O) groups is 1. The number of hydrogen-bond donors (Lipinski definition) is 0. The molecule has 1 amide bonds. The summed E-state index contributed by atoms with van der Waals surface area (Å²) in [7, 11) is 0. The van der Waals surface area contributed by atoms with Gasteiger partial charge in [0.2, 0.25) is 0 Å². The molecule has 246 valence electrons. The maximum absolute atomic E-state index is 15.3. The maximum atomic E-state index is 15.3. The summed E-state index contributed by atoms with van der Waals surface area (Å²) < 4.78 is 22.4. The van der Waals surface area contributed by atoms with Crippen molar-refractivity contribution >= 4 is 46.1 Å². The highest BCUT2D eigenvalue weighted by molar-refractivity contribution is 6.34. The fourth-order valence-corrected chi connectivity index (χ4v) is 6.76. The Morgan fingerprint density at radius 1 is 0.957 bits per heavy atom. The molecule has 0 unspecified atom stereocenters. The monoisotopic (exact) mass is 679 g/mol. The third-order valence-corrected chi connectivity index (χ3v) is 9.42. The lowest BCUT2D eigenvalue weighted by Gasteiger charge is -2.44. The molecule has 3 aliphatic rings. The minimum atomic E-state index is -0.637. The van der Waals surface area contributed by atoms with E-state index in [1.54, 1.807) is 17.3 Å². The molecule has 4 aromatic rings. The average molecular weight is 681 g/mol. The summed E-state index contributed by atoms with van der Waals surface area (Å²) in [6.07, 6.45) is 5.02. The number of pyridine rings is 1. The number of nitrogens with zero attached hydrogens (tertiary/aromatic N) is 7. The number of anilines is 1. The van der Waals surface area contributed by atoms with Crippen molar-refractivity contribution in [3.63, 3.8) is 0 Å². The average Bonchev–Trinajstić information content (AvgIpc) is 3.92. The van der Waals surface area contributed by atoms with Gasteiger partial charge in [0, 0.05) is 47.6 Å². The molecule has 2 saturated carbocycles. The molecule has 7 rings (SSSR count). The lowest BCUT2D eigenvalue weighted by Crippen LogP contribution is -2.59. The summed E-state index contributed by atoms with van der Waals surface area (Å²) >= 11 is 13.2. The van der Waals surface area contributed by atoms with Crippen LogP contribution in [0.1, 0.15) is 83.5 Å². The van der Waals surface area contributed by atoms with E-state index in [2.05, 4.69) is 15.0 Å². The molecule has 2 aliphatic carbocycles. The van der Waals surface area contributed by atoms with E-state index in [1.165, 1.54) is 22.8 Å². The Labute approximate surface area is 281 Å². The van der Waals surface area contributed by atoms with Crippen molar-refractivity contribution < 1.29 is 13.9 Å². The molecule has 1 aliphatic heterocycles. The molecular weight excluding hydrogens is 644 g/mol. The zero-order valence-electron chi connectivity index (χ0n) is 26.9. The molecule has 47 heavy (non-hydrogen) atoms. The van der Waals surface area contributed by atoms with Crippen LogP contribution in [0.3, 0.4) is 0 Å². The number of halogens is 3. The van der Waals surface area contributed by atoms with Gasteiger partial charge in [-0.25, -0.2) is 33.5 Å². The summed E-state index contributed by atoms with van der Waals surface area (Å²) in [5, 5.41) is 1.01. The first-order valence-electron chi connectivity index (χ1n) is 16.0. The van der Waals surface area contributed by atoms with Crippen LogP contribution >= 0.6 is 23.2 Å². The number of fused-ring (bicyclic) bond motifs is 1. The number of piperazine rings is 1. The van der Waals surface area contributed by atoms with Crippen molar-refractivity contribution in [3.8, 4) is 16.9 Å². The summed E-state index contributed by atoms with van der Waals surface area (Å²) in [5.74, 6) is 0.235. The Bertz CT molecular complexity index is 1940. The van der Waals surface area contributed by atoms with E-state index >= 15 is 4.39 Å². The third-order valence-electron chi connectivity index (χ3n) is 8.90. The summed E-state index contributed by atoms with van der Waals surface area (Å²) in [5.41, 5.74) is 1.54. The van der Waals surface area contributed by atoms with Crippen LogP contribution in [0.2, 0.25) is 10.0 Å². The van der Waals surface area contributed by atoms with Crippen LogP contribution in [0.15, 0.2) is 35.4 Å². The van der Waals surface area contributed by atoms with Gasteiger partial charge in [0.05, 0.1) is 33.2 Å². The van der Waals surface area contributed by atoms with Crippen LogP contribution in [-0.2, 0) is 4.74 Å². The van der Waals surface area contributed by atoms with Crippen molar-refractivity contribution in [2.24, 2.45) is 0 Å². The van der Waals surface area contributed by atoms with E-state index in [-0.39, 0.29) is 45.8 Å². The second-order valence-corrected chi connectivity index (χ2v) is 14.7. The van der Waals surface area contributed by atoms with Crippen molar-refractivity contribution in [2.45, 2.75) is 89.8 Å². The summed E-state index contributed by atoms with van der Waals surface area (Å²) in [6.45, 7) is 10.1. The van der Waals surface area contributed by atoms with Gasteiger partial charge in [0.15, 0.2) is 5.65 Å². The Morgan fingerprint density at radius 3 is 2.23 bits per heavy atom. The standard InChI is InChI=1S/C34H36Cl2FN7O3/c1-17-15-43(33(46)47-34(3,4)5)18(2)14-42(17)30-23-13-24(36)28(22-12-21(35)10-11-25(22)37)40-31(23)44(32(45)41-30)29-26(19-6-7-19)38-16-39-27(29)20-8-9-20/h10-13,16-20H,6-9,14-15H2,1-5H3/t17-,18+/m0/s1. The maximum Gasteiger partial charge on any atom is 0.410 e. The van der Waals surface area contributed by atoms with Crippen LogP contribution in [0.25, 0.3) is 28.0 Å². The molecule has 2 atom stereocenters. The number of hydrogen-bond acceptors (Lipinski definition) is 8. The zero-order chi connectivity index (χ0) is 33.4. The topological polar surface area (TPSA) is 106 Å². The molecule has 0 bridgehead atoms. The molecule has 0 radical (unpaired) electrons. The van der Waals surface area contributed by atoms with E-state index in [9.17, 15) is 9.59 Å². The summed E-state index contributed by atoms with van der Waals surface area (Å²) in [6, 6.07) is 5.38. The number of benzene rings is 1. The van der Waals surface area contributed by atoms with Gasteiger partial charge in [-0.1, -0.05) is 23.2 Å². The van der Waals surface area contributed by atoms with Crippen LogP contribution in [0.4, 0.5) is 15.0 Å². The lowest BCUT2D eigenvalue weighted by atomic mass is 10.1. The second-order valence-electron chi connectivity index (χ2n) is 13.9. The highest BCUT2D eigenvalue weighted by atomic mass is 35.5. The first-order valence-corrected chi connectivity index (χ1v) is 16.8. The molecule has 10 nitrogen and oxygen atoms in total. The van der Waals surface area contributed by atoms with Crippen LogP contribution < -0.4 is 10.6 Å². The highest BCUT2D eigenvalue weighted by Gasteiger charge is 2.39. The van der Waals surface area contributed by atoms with E-state index < -0.39 is 23.2 Å². The smallest absolute Gasteiger partial charge is 0.410 e. The normalized spacial score (nSPS) is 20.2. The molecule has 1 saturated heterocycles. The molecule has 3 aromatic heterocycles. The lowest BCUT2D eigenvalue weighted by molar-refractivity contribution is 0.0130. The number of rotatable bonds is 5. The van der Waals surface area contributed by atoms with Gasteiger partial charge in [-0.15, -0.1) is 0 Å². The minimum absolute atomic E-state index is 0.115. The second kappa shape index (κ2) is 11.7. The predicted octanol–water partition coefficient (Wildman–Crippen LogP) is 7.27. The first-order chi connectivity index (χ1) is 22.3. The largest absolute Gasteiger partial charge is 0.444 e. The SMILES string of the molecule is C[C@@H]1CN(c2nc(=O)n(-c3c(C4CC4)ncnc3C3CC3)c3nc(-c4cc(Cl)ccc4F)c(Cl)cc23)[C@@H](C)CN1C(=O)OC(C)(C)C. The van der Waals surface area contributed by atoms with Gasteiger partial charge >= 0.3 is 11.8 Å². The quantitative estimate of drug-likeness (QED) is 0.217. The van der Waals surface area contributed by atoms with Crippen molar-refractivity contribution in [2.75, 3.05) is 18.0 Å². The highest BCUT2D eigenvalue weighted by Crippen LogP contribution is 2.48. The summed E-state index contributed by atoms with van der Waals surface area (Å²) in [4.78, 5) is 50.1. The molecule has 1 aromatic carbocycles. The number of amides is 1. The first kappa shape index (κ1) is 31.8. The molecule has 0 N–H and O–H groups in total. The van der Waals surface area contributed by atoms with E-state index in [0.717, 1.165) is 37.1 Å². The van der Waals surface area contributed by atoms with Gasteiger partial charge in [-0.05, 0) is 84.6 Å². The van der Waals surface area contributed by atoms with Gasteiger partial charge in [0.25, 0.3) is 0 Å². The van der Waals surface area contributed by atoms with Crippen LogP contribution in [0.5, 0.6) is 0 Å². The van der Waals surface area contributed by atoms with Gasteiger partial charge in [0.1, 0.15) is 23.6 Å². The van der Waals surface area contributed by atoms with Crippen LogP contribution in [-0.4, -0.2) is 66.3 Å². The van der Waals surface area contributed by atoms with Crippen molar-refractivity contribution in [1.29, 1.82) is 0 Å². The predicted molar refractivity (Wildman–Crippen MR) is 179 cm³/mol. The molecule has 0 spiro atoms. The fraction of sp³-hybridized carbons (Fsp3) is 0.471. The van der Waals surface area contributed by atoms with E-state index in [0.29, 0.717) is 35.0 Å². The molecule has 4 heterocycles. The van der Waals surface area contributed by atoms with E-state index in [4.69, 9.17) is 32.9 Å². The Morgan fingerprint density at radius 2 is 1.62 bits per heavy atom. The fourth-order valence-electron chi connectivity index (χ4n) is 6.34. The van der Waals surface area contributed by atoms with Gasteiger partial charge in [-0.2, -0.15) is 4.98 Å². The number of carbonyl (C=O) groups excluding carboxylic acids is 1. The number of ether oxygens (including phenoxy) is 1. The molecule has 13 heteroatoms. The Hall–Kier alpha value is -3.83. The van der Waals surface area contributed by atoms with Crippen molar-refractivity contribution in [1.82, 2.24) is 29.4 Å². The molecular formula is C34H36Cl2FN7O3. The zero-order valence-corrected chi connectivity index (χ0v) is 28.4. The van der Waals surface area contributed by atoms with Crippen molar-refractivity contribution in [3.05, 3.63) is 68.3 Å². The Kier molecular flexibility index (Phi) is 7.90. The Balaban J connectivity index is 1.44. The number of aromatic nitrogens is 5. The van der Waals surface area contributed by atoms with Crippen LogP contribution in [0, 0.1) is 5.82 Å². The van der Waals surface area contributed by atoms with Gasteiger partial charge in [-0.3, -0.25) is 0 Å². The minimum Gasteiger partial charge on any atom is -0.444 e. The third kappa shape index (κ3) is 6.04.